The van der Waals surface area contributed by atoms with Gasteiger partial charge in [-0.3, -0.25) is 0 Å². The molecule has 0 radical (unpaired) electrons. The first kappa shape index (κ1) is 8.24. The molecular formula is C8H13BN2. The van der Waals surface area contributed by atoms with Crippen LogP contribution in [0.1, 0.15) is 13.8 Å². The number of rotatable bonds is 3. The number of nitrogens with zero attached hydrogens (tertiary/aromatic N) is 2. The fourth-order valence-corrected chi connectivity index (χ4v) is 1.09. The van der Waals surface area contributed by atoms with E-state index >= 15 is 0 Å². The van der Waals surface area contributed by atoms with Crippen LogP contribution in [-0.2, 0) is 0 Å². The van der Waals surface area contributed by atoms with E-state index in [1.807, 2.05) is 25.1 Å². The second-order valence-corrected chi connectivity index (χ2v) is 2.36. The Balaban J connectivity index is 2.74. The number of hydrogen-bond donors (Lipinski definition) is 0. The van der Waals surface area contributed by atoms with E-state index in [4.69, 9.17) is 0 Å². The van der Waals surface area contributed by atoms with Crippen molar-refractivity contribution in [1.29, 1.82) is 0 Å². The molecule has 0 amide bonds. The first-order valence-corrected chi connectivity index (χ1v) is 4.04. The van der Waals surface area contributed by atoms with Crippen molar-refractivity contribution in [1.82, 2.24) is 4.89 Å². The van der Waals surface area contributed by atoms with Gasteiger partial charge < -0.3 is 0 Å². The molecule has 1 aromatic rings. The number of hydrogen-bond acceptors (Lipinski definition) is 2. The summed E-state index contributed by atoms with van der Waals surface area (Å²) < 4.78 is 0. The van der Waals surface area contributed by atoms with Gasteiger partial charge in [-0.15, -0.1) is 0 Å². The van der Waals surface area contributed by atoms with Gasteiger partial charge in [0.25, 0.3) is 0 Å². The summed E-state index contributed by atoms with van der Waals surface area (Å²) in [7, 11) is 1.83. The van der Waals surface area contributed by atoms with Crippen LogP contribution in [-0.4, -0.2) is 25.0 Å². The molecule has 1 heterocycles. The summed E-state index contributed by atoms with van der Waals surface area (Å²) >= 11 is 0. The third-order valence-electron chi connectivity index (χ3n) is 1.74. The van der Waals surface area contributed by atoms with E-state index in [1.54, 1.807) is 0 Å². The number of aromatic nitrogens is 1. The average molecular weight is 148 g/mol. The maximum atomic E-state index is 4.25. The van der Waals surface area contributed by atoms with Gasteiger partial charge in [0.05, 0.1) is 0 Å². The van der Waals surface area contributed by atoms with Crippen molar-refractivity contribution in [2.75, 3.05) is 18.0 Å². The predicted molar refractivity (Wildman–Crippen MR) is 49.1 cm³/mol. The summed E-state index contributed by atoms with van der Waals surface area (Å²) in [5.74, 6) is 3.00. The van der Waals surface area contributed by atoms with Crippen LogP contribution in [0.15, 0.2) is 18.1 Å². The molecule has 0 fully saturated rings. The molecule has 0 saturated carbocycles. The zero-order valence-corrected chi connectivity index (χ0v) is 7.12. The van der Waals surface area contributed by atoms with Crippen LogP contribution in [0, 0.1) is 0 Å². The SMILES string of the molecule is CCN(CC)c1cccbn1. The Bertz CT molecular complexity index is 197. The number of anilines is 1. The molecular weight excluding hydrogens is 135 g/mol. The van der Waals surface area contributed by atoms with Gasteiger partial charge in [0, 0.05) is 0 Å². The fraction of sp³-hybridized carbons (Fsp3) is 0.500. The molecule has 0 aliphatic rings. The van der Waals surface area contributed by atoms with E-state index in [1.165, 1.54) is 0 Å². The van der Waals surface area contributed by atoms with Gasteiger partial charge in [0.15, 0.2) is 0 Å². The van der Waals surface area contributed by atoms with Gasteiger partial charge in [-0.05, 0) is 0 Å². The molecule has 0 saturated heterocycles. The van der Waals surface area contributed by atoms with E-state index in [2.05, 4.69) is 23.6 Å². The van der Waals surface area contributed by atoms with Crippen molar-refractivity contribution in [3.05, 3.63) is 18.1 Å². The summed E-state index contributed by atoms with van der Waals surface area (Å²) in [4.78, 5) is 6.47. The Morgan fingerprint density at radius 1 is 1.45 bits per heavy atom. The van der Waals surface area contributed by atoms with E-state index in [9.17, 15) is 0 Å². The summed E-state index contributed by atoms with van der Waals surface area (Å²) in [6.07, 6.45) is 0. The Hall–Kier alpha value is -0.855. The maximum absolute atomic E-state index is 4.25. The monoisotopic (exact) mass is 148 g/mol. The molecule has 0 aliphatic heterocycles. The average Bonchev–Trinajstić information content (AvgIpc) is 2.09. The second kappa shape index (κ2) is 4.11. The Morgan fingerprint density at radius 2 is 2.18 bits per heavy atom. The normalized spacial score (nSPS) is 9.27. The summed E-state index contributed by atoms with van der Waals surface area (Å²) in [6.45, 7) is 6.32. The third kappa shape index (κ3) is 2.04. The molecule has 0 bridgehead atoms. The van der Waals surface area contributed by atoms with Crippen molar-refractivity contribution < 1.29 is 0 Å². The molecule has 1 aromatic heterocycles. The van der Waals surface area contributed by atoms with Gasteiger partial charge in [-0.1, -0.05) is 0 Å². The van der Waals surface area contributed by atoms with Crippen LogP contribution in [0.4, 0.5) is 5.82 Å². The molecule has 11 heavy (non-hydrogen) atoms. The van der Waals surface area contributed by atoms with Crippen molar-refractivity contribution >= 4 is 12.9 Å². The molecule has 3 heteroatoms. The van der Waals surface area contributed by atoms with Crippen molar-refractivity contribution in [3.8, 4) is 0 Å². The van der Waals surface area contributed by atoms with E-state index in [-0.39, 0.29) is 0 Å². The van der Waals surface area contributed by atoms with Crippen molar-refractivity contribution in [2.45, 2.75) is 13.8 Å². The molecule has 0 N–H and O–H groups in total. The quantitative estimate of drug-likeness (QED) is 0.641. The molecule has 0 spiro atoms. The van der Waals surface area contributed by atoms with Gasteiger partial charge in [0.2, 0.25) is 0 Å². The fourth-order valence-electron chi connectivity index (χ4n) is 1.09. The molecule has 1 rings (SSSR count). The Labute approximate surface area is 68.5 Å². The third-order valence-corrected chi connectivity index (χ3v) is 1.74. The van der Waals surface area contributed by atoms with E-state index in [0.717, 1.165) is 18.9 Å². The minimum atomic E-state index is 1.02. The van der Waals surface area contributed by atoms with Gasteiger partial charge in [0.1, 0.15) is 0 Å². The van der Waals surface area contributed by atoms with Gasteiger partial charge in [-0.25, -0.2) is 0 Å². The Kier molecular flexibility index (Phi) is 3.08. The molecule has 0 atom stereocenters. The first-order chi connectivity index (χ1) is 5.38. The summed E-state index contributed by atoms with van der Waals surface area (Å²) in [6, 6.07) is 4.05. The minimum absolute atomic E-state index is 1.02. The second-order valence-electron chi connectivity index (χ2n) is 2.36. The molecule has 0 aliphatic carbocycles. The predicted octanol–water partition coefficient (Wildman–Crippen LogP) is 1.27. The van der Waals surface area contributed by atoms with E-state index < -0.39 is 0 Å². The van der Waals surface area contributed by atoms with Crippen LogP contribution >= 0.6 is 0 Å². The summed E-state index contributed by atoms with van der Waals surface area (Å²) in [5, 5.41) is 0. The van der Waals surface area contributed by atoms with Crippen LogP contribution in [0.25, 0.3) is 0 Å². The van der Waals surface area contributed by atoms with E-state index in [0.29, 0.717) is 0 Å². The van der Waals surface area contributed by atoms with Crippen LogP contribution < -0.4 is 4.90 Å². The zero-order chi connectivity index (χ0) is 8.10. The van der Waals surface area contributed by atoms with Crippen LogP contribution in [0.5, 0.6) is 0 Å². The first-order valence-electron chi connectivity index (χ1n) is 4.04. The summed E-state index contributed by atoms with van der Waals surface area (Å²) in [5.41, 5.74) is 0. The van der Waals surface area contributed by atoms with Crippen molar-refractivity contribution in [3.63, 3.8) is 0 Å². The van der Waals surface area contributed by atoms with Crippen LogP contribution in [0.3, 0.4) is 0 Å². The molecule has 2 nitrogen and oxygen atoms in total. The molecule has 58 valence electrons. The Morgan fingerprint density at radius 3 is 2.64 bits per heavy atom. The zero-order valence-electron chi connectivity index (χ0n) is 7.12. The van der Waals surface area contributed by atoms with Crippen molar-refractivity contribution in [2.24, 2.45) is 0 Å². The van der Waals surface area contributed by atoms with Gasteiger partial charge in [-0.2, -0.15) is 0 Å². The van der Waals surface area contributed by atoms with Crippen LogP contribution in [0.2, 0.25) is 0 Å². The standard InChI is InChI=1S/C8H13BN2/c1-3-11(4-2)8-6-5-7-9-10-8/h5-7H,3-4H2,1-2H3. The molecule has 0 unspecified atom stereocenters. The molecule has 0 aromatic carbocycles. The van der Waals surface area contributed by atoms with Gasteiger partial charge >= 0.3 is 67.7 Å². The topological polar surface area (TPSA) is 16.1 Å².